The van der Waals surface area contributed by atoms with Crippen LogP contribution in [0.25, 0.3) is 5.69 Å². The fourth-order valence-electron chi connectivity index (χ4n) is 2.87. The van der Waals surface area contributed by atoms with E-state index in [1.807, 2.05) is 47.0 Å². The SMILES string of the molecule is N#CCc1nnc2n1-c1ccccc1C(c1ccccc1)=NC2. The summed E-state index contributed by atoms with van der Waals surface area (Å²) in [6, 6.07) is 20.3. The van der Waals surface area contributed by atoms with E-state index in [0.29, 0.717) is 12.4 Å². The van der Waals surface area contributed by atoms with Crippen LogP contribution in [-0.4, -0.2) is 20.5 Å². The number of aromatic nitrogens is 3. The normalized spacial score (nSPS) is 12.6. The van der Waals surface area contributed by atoms with Crippen molar-refractivity contribution in [2.24, 2.45) is 4.99 Å². The van der Waals surface area contributed by atoms with Gasteiger partial charge in [-0.3, -0.25) is 9.56 Å². The third kappa shape index (κ3) is 2.21. The molecule has 0 bridgehead atoms. The molecule has 1 aliphatic heterocycles. The third-order valence-electron chi connectivity index (χ3n) is 3.86. The summed E-state index contributed by atoms with van der Waals surface area (Å²) >= 11 is 0. The van der Waals surface area contributed by atoms with Gasteiger partial charge in [0.25, 0.3) is 0 Å². The monoisotopic (exact) mass is 299 g/mol. The number of hydrogen-bond acceptors (Lipinski definition) is 4. The predicted molar refractivity (Wildman–Crippen MR) is 86.5 cm³/mol. The summed E-state index contributed by atoms with van der Waals surface area (Å²) in [5.74, 6) is 1.41. The topological polar surface area (TPSA) is 66.9 Å². The van der Waals surface area contributed by atoms with Gasteiger partial charge in [-0.2, -0.15) is 5.26 Å². The second-order valence-electron chi connectivity index (χ2n) is 5.25. The molecule has 0 atom stereocenters. The zero-order chi connectivity index (χ0) is 15.6. The lowest BCUT2D eigenvalue weighted by atomic mass is 10.0. The van der Waals surface area contributed by atoms with E-state index in [-0.39, 0.29) is 6.42 Å². The highest BCUT2D eigenvalue weighted by molar-refractivity contribution is 6.15. The number of nitrogens with zero attached hydrogens (tertiary/aromatic N) is 5. The van der Waals surface area contributed by atoms with E-state index in [1.165, 1.54) is 0 Å². The van der Waals surface area contributed by atoms with Gasteiger partial charge in [0.05, 0.1) is 23.9 Å². The van der Waals surface area contributed by atoms with E-state index in [2.05, 4.69) is 28.4 Å². The maximum Gasteiger partial charge on any atom is 0.159 e. The van der Waals surface area contributed by atoms with Crippen molar-refractivity contribution >= 4 is 5.71 Å². The molecule has 0 aliphatic carbocycles. The van der Waals surface area contributed by atoms with E-state index in [1.54, 1.807) is 0 Å². The van der Waals surface area contributed by atoms with Gasteiger partial charge >= 0.3 is 0 Å². The Bertz CT molecular complexity index is 932. The molecule has 1 aromatic heterocycles. The molecule has 0 spiro atoms. The second kappa shape index (κ2) is 5.50. The molecule has 1 aliphatic rings. The highest BCUT2D eigenvalue weighted by atomic mass is 15.3. The van der Waals surface area contributed by atoms with Crippen molar-refractivity contribution in [2.75, 3.05) is 0 Å². The summed E-state index contributed by atoms with van der Waals surface area (Å²) in [6.45, 7) is 0.442. The summed E-state index contributed by atoms with van der Waals surface area (Å²) < 4.78 is 1.96. The Morgan fingerprint density at radius 3 is 2.61 bits per heavy atom. The molecule has 0 fully saturated rings. The van der Waals surface area contributed by atoms with Crippen LogP contribution in [0.4, 0.5) is 0 Å². The fraction of sp³-hybridized carbons (Fsp3) is 0.111. The third-order valence-corrected chi connectivity index (χ3v) is 3.86. The van der Waals surface area contributed by atoms with Crippen molar-refractivity contribution in [3.63, 3.8) is 0 Å². The average Bonchev–Trinajstić information content (AvgIpc) is 2.91. The molecule has 4 rings (SSSR count). The average molecular weight is 299 g/mol. The number of fused-ring (bicyclic) bond motifs is 3. The van der Waals surface area contributed by atoms with Gasteiger partial charge in [0.1, 0.15) is 6.54 Å². The molecule has 0 saturated carbocycles. The summed E-state index contributed by atoms with van der Waals surface area (Å²) in [4.78, 5) is 4.76. The van der Waals surface area contributed by atoms with Gasteiger partial charge in [-0.05, 0) is 6.07 Å². The van der Waals surface area contributed by atoms with Crippen LogP contribution in [0.5, 0.6) is 0 Å². The molecule has 0 saturated heterocycles. The zero-order valence-corrected chi connectivity index (χ0v) is 12.3. The highest BCUT2D eigenvalue weighted by Gasteiger charge is 2.22. The number of hydrogen-bond donors (Lipinski definition) is 0. The number of aliphatic imine (C=N–C) groups is 1. The van der Waals surface area contributed by atoms with Gasteiger partial charge in [-0.1, -0.05) is 48.5 Å². The summed E-state index contributed by atoms with van der Waals surface area (Å²) in [6.07, 6.45) is 0.224. The lowest BCUT2D eigenvalue weighted by Crippen LogP contribution is -2.09. The first-order chi connectivity index (χ1) is 11.4. The fourth-order valence-corrected chi connectivity index (χ4v) is 2.87. The lowest BCUT2D eigenvalue weighted by Gasteiger charge is -2.12. The van der Waals surface area contributed by atoms with Gasteiger partial charge in [0.15, 0.2) is 11.6 Å². The largest absolute Gasteiger partial charge is 0.280 e. The molecule has 2 aromatic carbocycles. The smallest absolute Gasteiger partial charge is 0.159 e. The molecule has 110 valence electrons. The first-order valence-corrected chi connectivity index (χ1v) is 7.38. The molecule has 0 N–H and O–H groups in total. The molecule has 23 heavy (non-hydrogen) atoms. The van der Waals surface area contributed by atoms with Crippen LogP contribution in [0.15, 0.2) is 59.6 Å². The molecule has 0 radical (unpaired) electrons. The lowest BCUT2D eigenvalue weighted by molar-refractivity contribution is 0.853. The minimum atomic E-state index is 0.224. The van der Waals surface area contributed by atoms with E-state index in [0.717, 1.165) is 28.4 Å². The van der Waals surface area contributed by atoms with E-state index in [4.69, 9.17) is 10.3 Å². The Morgan fingerprint density at radius 1 is 1.00 bits per heavy atom. The van der Waals surface area contributed by atoms with E-state index >= 15 is 0 Å². The Balaban J connectivity index is 1.95. The molecular weight excluding hydrogens is 286 g/mol. The summed E-state index contributed by atoms with van der Waals surface area (Å²) in [5, 5.41) is 17.4. The standard InChI is InChI=1S/C18H13N5/c19-11-10-16-21-22-17-12-20-18(13-6-2-1-3-7-13)14-8-4-5-9-15(14)23(16)17/h1-9H,10,12H2. The molecule has 5 heteroatoms. The summed E-state index contributed by atoms with van der Waals surface area (Å²) in [5.41, 5.74) is 4.00. The van der Waals surface area contributed by atoms with E-state index in [9.17, 15) is 0 Å². The van der Waals surface area contributed by atoms with Crippen molar-refractivity contribution in [3.8, 4) is 11.8 Å². The number of rotatable bonds is 2. The number of para-hydroxylation sites is 1. The first-order valence-electron chi connectivity index (χ1n) is 7.38. The maximum absolute atomic E-state index is 9.03. The molecule has 5 nitrogen and oxygen atoms in total. The van der Waals surface area contributed by atoms with Crippen LogP contribution >= 0.6 is 0 Å². The number of benzene rings is 2. The van der Waals surface area contributed by atoms with Gasteiger partial charge in [-0.25, -0.2) is 0 Å². The van der Waals surface area contributed by atoms with E-state index < -0.39 is 0 Å². The maximum atomic E-state index is 9.03. The Kier molecular flexibility index (Phi) is 3.21. The van der Waals surface area contributed by atoms with Gasteiger partial charge in [0, 0.05) is 11.1 Å². The molecule has 3 aromatic rings. The van der Waals surface area contributed by atoms with Gasteiger partial charge < -0.3 is 0 Å². The van der Waals surface area contributed by atoms with Crippen molar-refractivity contribution in [1.29, 1.82) is 5.26 Å². The zero-order valence-electron chi connectivity index (χ0n) is 12.3. The Labute approximate surface area is 133 Å². The van der Waals surface area contributed by atoms with Crippen LogP contribution in [0.2, 0.25) is 0 Å². The molecule has 0 amide bonds. The van der Waals surface area contributed by atoms with Gasteiger partial charge in [-0.15, -0.1) is 10.2 Å². The first kappa shape index (κ1) is 13.4. The Morgan fingerprint density at radius 2 is 1.78 bits per heavy atom. The number of nitriles is 1. The second-order valence-corrected chi connectivity index (χ2v) is 5.25. The quantitative estimate of drug-likeness (QED) is 0.730. The molecule has 0 unspecified atom stereocenters. The molecule has 2 heterocycles. The van der Waals surface area contributed by atoms with Crippen LogP contribution in [0, 0.1) is 11.3 Å². The van der Waals surface area contributed by atoms with Gasteiger partial charge in [0.2, 0.25) is 0 Å². The van der Waals surface area contributed by atoms with Crippen LogP contribution in [0.3, 0.4) is 0 Å². The van der Waals surface area contributed by atoms with Crippen molar-refractivity contribution < 1.29 is 0 Å². The minimum Gasteiger partial charge on any atom is -0.280 e. The Hall–Kier alpha value is -3.26. The van der Waals surface area contributed by atoms with Crippen LogP contribution in [-0.2, 0) is 13.0 Å². The minimum absolute atomic E-state index is 0.224. The van der Waals surface area contributed by atoms with Crippen LogP contribution in [0.1, 0.15) is 22.8 Å². The van der Waals surface area contributed by atoms with Crippen LogP contribution < -0.4 is 0 Å². The molecular formula is C18H13N5. The predicted octanol–water partition coefficient (Wildman–Crippen LogP) is 2.68. The van der Waals surface area contributed by atoms with Crippen molar-refractivity contribution in [3.05, 3.63) is 77.4 Å². The highest BCUT2D eigenvalue weighted by Crippen LogP contribution is 2.25. The van der Waals surface area contributed by atoms with Crippen molar-refractivity contribution in [1.82, 2.24) is 14.8 Å². The summed E-state index contributed by atoms with van der Waals surface area (Å²) in [7, 11) is 0. The van der Waals surface area contributed by atoms with Crippen molar-refractivity contribution in [2.45, 2.75) is 13.0 Å².